The lowest BCUT2D eigenvalue weighted by Crippen LogP contribution is -2.48. The molecule has 37 heavy (non-hydrogen) atoms. The molecule has 0 radical (unpaired) electrons. The fourth-order valence-corrected chi connectivity index (χ4v) is 6.84. The molecule has 5 rings (SSSR count). The summed E-state index contributed by atoms with van der Waals surface area (Å²) in [7, 11) is 0. The van der Waals surface area contributed by atoms with Crippen molar-refractivity contribution < 1.29 is 23.8 Å². The molecule has 0 bridgehead atoms. The normalized spacial score (nSPS) is 28.9. The van der Waals surface area contributed by atoms with E-state index in [9.17, 15) is 14.7 Å². The van der Waals surface area contributed by atoms with Gasteiger partial charge in [-0.05, 0) is 37.5 Å². The molecule has 3 heterocycles. The average Bonchev–Trinajstić information content (AvgIpc) is 3.30. The number of para-hydroxylation sites is 1. The van der Waals surface area contributed by atoms with Crippen molar-refractivity contribution in [3.05, 3.63) is 77.9 Å². The maximum atomic E-state index is 15.8. The van der Waals surface area contributed by atoms with E-state index in [-0.39, 0.29) is 30.9 Å². The quantitative estimate of drug-likeness (QED) is 0.598. The Balaban J connectivity index is 1.49. The zero-order chi connectivity index (χ0) is 26.5. The van der Waals surface area contributed by atoms with Crippen molar-refractivity contribution >= 4 is 17.5 Å². The lowest BCUT2D eigenvalue weighted by molar-refractivity contribution is -0.151. The molecule has 1 N–H and O–H groups in total. The van der Waals surface area contributed by atoms with Gasteiger partial charge in [-0.3, -0.25) is 9.59 Å². The van der Waals surface area contributed by atoms with Gasteiger partial charge in [-0.15, -0.1) is 6.58 Å². The van der Waals surface area contributed by atoms with Crippen molar-refractivity contribution in [3.8, 4) is 0 Å². The van der Waals surface area contributed by atoms with Crippen LogP contribution < -0.4 is 4.90 Å². The number of aliphatic hydroxyl groups excluding tert-OH is 1. The Labute approximate surface area is 217 Å². The molecule has 3 aliphatic heterocycles. The van der Waals surface area contributed by atoms with Gasteiger partial charge in [-0.25, -0.2) is 4.39 Å². The van der Waals surface area contributed by atoms with Gasteiger partial charge in [0.25, 0.3) is 5.91 Å². The lowest BCUT2D eigenvalue weighted by atomic mass is 9.71. The first-order chi connectivity index (χ1) is 17.6. The Morgan fingerprint density at radius 1 is 1.22 bits per heavy atom. The van der Waals surface area contributed by atoms with Crippen LogP contribution in [0.15, 0.2) is 61.2 Å². The van der Waals surface area contributed by atoms with Crippen LogP contribution in [0.1, 0.15) is 43.9 Å². The first-order valence-electron chi connectivity index (χ1n) is 13.0. The van der Waals surface area contributed by atoms with Crippen molar-refractivity contribution in [2.24, 2.45) is 11.8 Å². The van der Waals surface area contributed by atoms with Gasteiger partial charge in [0.2, 0.25) is 5.91 Å². The molecule has 1 fully saturated rings. The first kappa shape index (κ1) is 25.6. The van der Waals surface area contributed by atoms with Crippen molar-refractivity contribution in [1.29, 1.82) is 0 Å². The summed E-state index contributed by atoms with van der Waals surface area (Å²) in [5.74, 6) is -1.66. The second-order valence-corrected chi connectivity index (χ2v) is 11.0. The standard InChI is InChI=1S/C30H35FN2O4/c1-5-14-32-24-13-9-8-12-23(24)30(28(32)36)19(2)27(29(3,4)31)25(37-30)16-26(35)33-17-21-11-7-6-10-20(21)15-22(33)18-34/h5-13,19,22,25,27,34H,1,14-18H2,2-4H3/t19-,22+,25+,27-,30+/m1/s1. The molecule has 6 nitrogen and oxygen atoms in total. The predicted octanol–water partition coefficient (Wildman–Crippen LogP) is 4.15. The van der Waals surface area contributed by atoms with Gasteiger partial charge in [0.15, 0.2) is 5.60 Å². The van der Waals surface area contributed by atoms with Crippen molar-refractivity contribution in [2.45, 2.75) is 63.6 Å². The monoisotopic (exact) mass is 506 g/mol. The molecule has 2 aromatic carbocycles. The predicted molar refractivity (Wildman–Crippen MR) is 140 cm³/mol. The van der Waals surface area contributed by atoms with E-state index >= 15 is 4.39 Å². The number of hydrogen-bond donors (Lipinski definition) is 1. The zero-order valence-electron chi connectivity index (χ0n) is 21.7. The summed E-state index contributed by atoms with van der Waals surface area (Å²) in [4.78, 5) is 31.0. The van der Waals surface area contributed by atoms with Crippen molar-refractivity contribution in [3.63, 3.8) is 0 Å². The Morgan fingerprint density at radius 3 is 2.57 bits per heavy atom. The molecule has 196 valence electrons. The smallest absolute Gasteiger partial charge is 0.264 e. The van der Waals surface area contributed by atoms with Gasteiger partial charge in [0.1, 0.15) is 5.67 Å². The number of amides is 2. The molecule has 2 aromatic rings. The van der Waals surface area contributed by atoms with E-state index in [2.05, 4.69) is 6.58 Å². The highest BCUT2D eigenvalue weighted by Crippen LogP contribution is 2.58. The SMILES string of the molecule is C=CCN1C(=O)[C@@]2(O[C@@H](CC(=O)N3Cc4ccccc4C[C@H]3CO)[C@H](C(C)(C)F)[C@H]2C)c2ccccc21. The van der Waals surface area contributed by atoms with E-state index in [1.165, 1.54) is 13.8 Å². The summed E-state index contributed by atoms with van der Waals surface area (Å²) in [5.41, 5.74) is 0.533. The van der Waals surface area contributed by atoms with Crippen LogP contribution in [0.25, 0.3) is 0 Å². The van der Waals surface area contributed by atoms with E-state index < -0.39 is 29.2 Å². The molecule has 3 aliphatic rings. The molecular formula is C30H35FN2O4. The van der Waals surface area contributed by atoms with Crippen LogP contribution in [0.4, 0.5) is 10.1 Å². The van der Waals surface area contributed by atoms with Gasteiger partial charge in [-0.2, -0.15) is 0 Å². The number of alkyl halides is 1. The first-order valence-corrected chi connectivity index (χ1v) is 13.0. The van der Waals surface area contributed by atoms with Crippen LogP contribution in [-0.4, -0.2) is 52.8 Å². The number of carbonyl (C=O) groups excluding carboxylic acids is 2. The topological polar surface area (TPSA) is 70.1 Å². The third-order valence-electron chi connectivity index (χ3n) is 8.44. The summed E-state index contributed by atoms with van der Waals surface area (Å²) in [5, 5.41) is 10.1. The van der Waals surface area contributed by atoms with E-state index in [1.54, 1.807) is 15.9 Å². The third-order valence-corrected chi connectivity index (χ3v) is 8.44. The molecular weight excluding hydrogens is 471 g/mol. The Morgan fingerprint density at radius 2 is 1.89 bits per heavy atom. The fraction of sp³-hybridized carbons (Fsp3) is 0.467. The fourth-order valence-electron chi connectivity index (χ4n) is 6.84. The van der Waals surface area contributed by atoms with E-state index in [0.29, 0.717) is 25.1 Å². The number of fused-ring (bicyclic) bond motifs is 3. The van der Waals surface area contributed by atoms with Crippen molar-refractivity contribution in [1.82, 2.24) is 4.90 Å². The summed E-state index contributed by atoms with van der Waals surface area (Å²) >= 11 is 0. The van der Waals surface area contributed by atoms with Gasteiger partial charge in [0, 0.05) is 30.5 Å². The van der Waals surface area contributed by atoms with Gasteiger partial charge < -0.3 is 19.6 Å². The number of hydrogen-bond acceptors (Lipinski definition) is 4. The minimum absolute atomic E-state index is 0.0698. The second kappa shape index (κ2) is 9.37. The van der Waals surface area contributed by atoms with Crippen LogP contribution >= 0.6 is 0 Å². The number of benzene rings is 2. The van der Waals surface area contributed by atoms with E-state index in [4.69, 9.17) is 4.74 Å². The molecule has 0 saturated carbocycles. The summed E-state index contributed by atoms with van der Waals surface area (Å²) < 4.78 is 22.4. The molecule has 1 spiro atoms. The maximum absolute atomic E-state index is 15.8. The van der Waals surface area contributed by atoms with Gasteiger partial charge in [-0.1, -0.05) is 55.5 Å². The summed E-state index contributed by atoms with van der Waals surface area (Å²) in [6, 6.07) is 15.0. The number of aliphatic hydroxyl groups is 1. The Kier molecular flexibility index (Phi) is 6.49. The molecule has 0 unspecified atom stereocenters. The summed E-state index contributed by atoms with van der Waals surface area (Å²) in [6.45, 7) is 9.17. The van der Waals surface area contributed by atoms with Crippen LogP contribution in [0.3, 0.4) is 0 Å². The highest BCUT2D eigenvalue weighted by atomic mass is 19.1. The molecule has 1 saturated heterocycles. The number of rotatable bonds is 6. The lowest BCUT2D eigenvalue weighted by Gasteiger charge is -2.37. The van der Waals surface area contributed by atoms with Crippen LogP contribution in [0.5, 0.6) is 0 Å². The highest BCUT2D eigenvalue weighted by molar-refractivity contribution is 6.07. The number of halogens is 1. The Bertz CT molecular complexity index is 1220. The van der Waals surface area contributed by atoms with E-state index in [1.807, 2.05) is 55.5 Å². The minimum atomic E-state index is -1.69. The average molecular weight is 507 g/mol. The number of ether oxygens (including phenoxy) is 1. The molecule has 2 amide bonds. The second-order valence-electron chi connectivity index (χ2n) is 11.0. The summed E-state index contributed by atoms with van der Waals surface area (Å²) in [6.07, 6.45) is 1.35. The molecule has 5 atom stereocenters. The minimum Gasteiger partial charge on any atom is -0.394 e. The molecule has 0 aromatic heterocycles. The number of anilines is 1. The van der Waals surface area contributed by atoms with E-state index in [0.717, 1.165) is 16.8 Å². The van der Waals surface area contributed by atoms with Crippen LogP contribution in [0.2, 0.25) is 0 Å². The highest BCUT2D eigenvalue weighted by Gasteiger charge is 2.66. The van der Waals surface area contributed by atoms with Gasteiger partial charge >= 0.3 is 0 Å². The number of carbonyl (C=O) groups is 2. The maximum Gasteiger partial charge on any atom is 0.264 e. The van der Waals surface area contributed by atoms with Crippen LogP contribution in [0, 0.1) is 11.8 Å². The zero-order valence-corrected chi connectivity index (χ0v) is 21.7. The van der Waals surface area contributed by atoms with Crippen LogP contribution in [-0.2, 0) is 32.9 Å². The number of nitrogens with zero attached hydrogens (tertiary/aromatic N) is 2. The molecule has 7 heteroatoms. The largest absolute Gasteiger partial charge is 0.394 e. The van der Waals surface area contributed by atoms with Crippen molar-refractivity contribution in [2.75, 3.05) is 18.1 Å². The molecule has 0 aliphatic carbocycles. The Hall–Kier alpha value is -3.03. The van der Waals surface area contributed by atoms with Gasteiger partial charge in [0.05, 0.1) is 30.9 Å². The third kappa shape index (κ3) is 3.99.